The molecule has 2 amide bonds. The molecule has 2 fully saturated rings. The number of likely N-dealkylation sites (tertiary alicyclic amines) is 1. The van der Waals surface area contributed by atoms with Crippen LogP contribution in [0.2, 0.25) is 0 Å². The Kier molecular flexibility index (Phi) is 4.79. The maximum absolute atomic E-state index is 13.2. The third kappa shape index (κ3) is 3.28. The quantitative estimate of drug-likeness (QED) is 0.782. The van der Waals surface area contributed by atoms with Crippen LogP contribution in [0.3, 0.4) is 0 Å². The van der Waals surface area contributed by atoms with Gasteiger partial charge >= 0.3 is 0 Å². The first-order valence-corrected chi connectivity index (χ1v) is 10.5. The zero-order valence-electron chi connectivity index (χ0n) is 17.0. The van der Waals surface area contributed by atoms with Crippen molar-refractivity contribution in [2.24, 2.45) is 0 Å². The van der Waals surface area contributed by atoms with Gasteiger partial charge < -0.3 is 14.4 Å². The Balaban J connectivity index is 1.37. The van der Waals surface area contributed by atoms with Crippen molar-refractivity contribution in [2.45, 2.75) is 38.0 Å². The van der Waals surface area contributed by atoms with E-state index < -0.39 is 11.8 Å². The zero-order chi connectivity index (χ0) is 20.7. The molecule has 1 spiro atoms. The van der Waals surface area contributed by atoms with Crippen LogP contribution in [0, 0.1) is 6.92 Å². The fourth-order valence-corrected chi connectivity index (χ4v) is 4.63. The van der Waals surface area contributed by atoms with E-state index in [0.29, 0.717) is 50.4 Å². The highest BCUT2D eigenvalue weighted by Crippen LogP contribution is 2.39. The van der Waals surface area contributed by atoms with Gasteiger partial charge in [0.25, 0.3) is 5.91 Å². The number of pyridine rings is 1. The second-order valence-electron chi connectivity index (χ2n) is 8.16. The number of amides is 2. The van der Waals surface area contributed by atoms with Gasteiger partial charge in [-0.3, -0.25) is 19.5 Å². The smallest absolute Gasteiger partial charge is 0.260 e. The Hall–Kier alpha value is -2.77. The van der Waals surface area contributed by atoms with Crippen LogP contribution in [-0.2, 0) is 14.3 Å². The van der Waals surface area contributed by atoms with Gasteiger partial charge in [-0.2, -0.15) is 0 Å². The van der Waals surface area contributed by atoms with Crippen LogP contribution >= 0.6 is 0 Å². The number of anilines is 1. The highest BCUT2D eigenvalue weighted by molar-refractivity contribution is 6.11. The number of benzene rings is 1. The standard InChI is InChI=1S/C23H25N3O4/c1-16-4-6-17(7-5-16)26-19(21-18(22(26)28)3-2-10-24-21)15-20(27)25-11-8-23(9-12-25)29-13-14-30-23/h2-7,10,19H,8-9,11-15H2,1H3/t19-/m0/s1. The summed E-state index contributed by atoms with van der Waals surface area (Å²) in [6.07, 6.45) is 3.25. The molecule has 7 heteroatoms. The SMILES string of the molecule is Cc1ccc(N2C(=O)c3cccnc3[C@@H]2CC(=O)N2CCC3(CC2)OCCO3)cc1. The molecular weight excluding hydrogens is 382 g/mol. The first kappa shape index (κ1) is 19.2. The third-order valence-corrected chi connectivity index (χ3v) is 6.29. The number of carbonyl (C=O) groups is 2. The summed E-state index contributed by atoms with van der Waals surface area (Å²) < 4.78 is 11.5. The van der Waals surface area contributed by atoms with Crippen LogP contribution in [0.5, 0.6) is 0 Å². The van der Waals surface area contributed by atoms with Gasteiger partial charge in [0.05, 0.1) is 36.9 Å². The van der Waals surface area contributed by atoms with Crippen LogP contribution in [0.4, 0.5) is 5.69 Å². The first-order chi connectivity index (χ1) is 14.6. The van der Waals surface area contributed by atoms with Crippen molar-refractivity contribution in [1.29, 1.82) is 0 Å². The van der Waals surface area contributed by atoms with Crippen molar-refractivity contribution in [1.82, 2.24) is 9.88 Å². The predicted octanol–water partition coefficient (Wildman–Crippen LogP) is 2.85. The van der Waals surface area contributed by atoms with Gasteiger partial charge in [-0.1, -0.05) is 17.7 Å². The second-order valence-corrected chi connectivity index (χ2v) is 8.16. The lowest BCUT2D eigenvalue weighted by Crippen LogP contribution is -2.48. The van der Waals surface area contributed by atoms with E-state index in [4.69, 9.17) is 9.47 Å². The molecule has 2 saturated heterocycles. The Labute approximate surface area is 175 Å². The topological polar surface area (TPSA) is 72.0 Å². The van der Waals surface area contributed by atoms with E-state index in [1.807, 2.05) is 36.1 Å². The van der Waals surface area contributed by atoms with Crippen molar-refractivity contribution >= 4 is 17.5 Å². The summed E-state index contributed by atoms with van der Waals surface area (Å²) in [5, 5.41) is 0. The molecule has 2 aromatic rings. The molecular formula is C23H25N3O4. The van der Waals surface area contributed by atoms with Crippen molar-refractivity contribution in [2.75, 3.05) is 31.2 Å². The lowest BCUT2D eigenvalue weighted by Gasteiger charge is -2.38. The van der Waals surface area contributed by atoms with Crippen molar-refractivity contribution < 1.29 is 19.1 Å². The summed E-state index contributed by atoms with van der Waals surface area (Å²) >= 11 is 0. The van der Waals surface area contributed by atoms with E-state index in [2.05, 4.69) is 4.98 Å². The van der Waals surface area contributed by atoms with Gasteiger partial charge in [0.15, 0.2) is 5.79 Å². The lowest BCUT2D eigenvalue weighted by molar-refractivity contribution is -0.187. The molecule has 0 bridgehead atoms. The molecule has 30 heavy (non-hydrogen) atoms. The maximum Gasteiger partial charge on any atom is 0.260 e. The van der Waals surface area contributed by atoms with Crippen LogP contribution in [0.1, 0.15) is 46.9 Å². The van der Waals surface area contributed by atoms with Gasteiger partial charge in [0, 0.05) is 37.8 Å². The van der Waals surface area contributed by atoms with Crippen molar-refractivity contribution in [3.05, 3.63) is 59.4 Å². The second kappa shape index (κ2) is 7.49. The van der Waals surface area contributed by atoms with Crippen LogP contribution in [-0.4, -0.2) is 53.8 Å². The summed E-state index contributed by atoms with van der Waals surface area (Å²) in [6, 6.07) is 11.0. The average molecular weight is 407 g/mol. The highest BCUT2D eigenvalue weighted by atomic mass is 16.7. The number of nitrogens with zero attached hydrogens (tertiary/aromatic N) is 3. The zero-order valence-corrected chi connectivity index (χ0v) is 17.0. The molecule has 0 aliphatic carbocycles. The minimum absolute atomic E-state index is 0.0243. The molecule has 5 rings (SSSR count). The number of hydrogen-bond acceptors (Lipinski definition) is 5. The Morgan fingerprint density at radius 3 is 2.53 bits per heavy atom. The number of carbonyl (C=O) groups excluding carboxylic acids is 2. The summed E-state index contributed by atoms with van der Waals surface area (Å²) in [7, 11) is 0. The molecule has 3 aliphatic heterocycles. The molecule has 3 aliphatic rings. The fraction of sp³-hybridized carbons (Fsp3) is 0.435. The number of aryl methyl sites for hydroxylation is 1. The molecule has 7 nitrogen and oxygen atoms in total. The number of hydrogen-bond donors (Lipinski definition) is 0. The van der Waals surface area contributed by atoms with Gasteiger partial charge in [0.2, 0.25) is 5.91 Å². The minimum atomic E-state index is -0.512. The van der Waals surface area contributed by atoms with E-state index >= 15 is 0 Å². The molecule has 4 heterocycles. The average Bonchev–Trinajstić information content (AvgIpc) is 3.33. The molecule has 1 aromatic heterocycles. The largest absolute Gasteiger partial charge is 0.347 e. The minimum Gasteiger partial charge on any atom is -0.347 e. The summed E-state index contributed by atoms with van der Waals surface area (Å²) in [5.41, 5.74) is 3.15. The summed E-state index contributed by atoms with van der Waals surface area (Å²) in [6.45, 7) is 4.43. The molecule has 0 N–H and O–H groups in total. The van der Waals surface area contributed by atoms with Crippen LogP contribution in [0.15, 0.2) is 42.6 Å². The Morgan fingerprint density at radius 1 is 1.13 bits per heavy atom. The van der Waals surface area contributed by atoms with E-state index in [1.165, 1.54) is 0 Å². The van der Waals surface area contributed by atoms with E-state index in [-0.39, 0.29) is 18.2 Å². The van der Waals surface area contributed by atoms with Crippen molar-refractivity contribution in [3.8, 4) is 0 Å². The van der Waals surface area contributed by atoms with Gasteiger partial charge in [0.1, 0.15) is 0 Å². The summed E-state index contributed by atoms with van der Waals surface area (Å²) in [4.78, 5) is 34.4. The Bertz CT molecular complexity index is 959. The van der Waals surface area contributed by atoms with Crippen molar-refractivity contribution in [3.63, 3.8) is 0 Å². The molecule has 156 valence electrons. The van der Waals surface area contributed by atoms with Crippen LogP contribution < -0.4 is 4.90 Å². The van der Waals surface area contributed by atoms with E-state index in [0.717, 1.165) is 11.3 Å². The molecule has 1 atom stereocenters. The van der Waals surface area contributed by atoms with Crippen LogP contribution in [0.25, 0.3) is 0 Å². The highest BCUT2D eigenvalue weighted by Gasteiger charge is 2.43. The number of ether oxygens (including phenoxy) is 2. The molecule has 1 aromatic carbocycles. The number of rotatable bonds is 3. The molecule has 0 saturated carbocycles. The molecule has 0 radical (unpaired) electrons. The predicted molar refractivity (Wildman–Crippen MR) is 110 cm³/mol. The molecule has 0 unspecified atom stereocenters. The van der Waals surface area contributed by atoms with Gasteiger partial charge in [-0.25, -0.2) is 0 Å². The fourth-order valence-electron chi connectivity index (χ4n) is 4.63. The van der Waals surface area contributed by atoms with E-state index in [9.17, 15) is 9.59 Å². The monoisotopic (exact) mass is 407 g/mol. The van der Waals surface area contributed by atoms with Gasteiger partial charge in [-0.15, -0.1) is 0 Å². The first-order valence-electron chi connectivity index (χ1n) is 10.5. The van der Waals surface area contributed by atoms with Gasteiger partial charge in [-0.05, 0) is 31.2 Å². The number of aromatic nitrogens is 1. The summed E-state index contributed by atoms with van der Waals surface area (Å²) in [5.74, 6) is -0.594. The Morgan fingerprint density at radius 2 is 1.83 bits per heavy atom. The number of piperidine rings is 1. The number of fused-ring (bicyclic) bond motifs is 1. The third-order valence-electron chi connectivity index (χ3n) is 6.29. The maximum atomic E-state index is 13.2. The normalized spacial score (nSPS) is 22.6. The van der Waals surface area contributed by atoms with E-state index in [1.54, 1.807) is 23.2 Å². The lowest BCUT2D eigenvalue weighted by atomic mass is 10.0.